The highest BCUT2D eigenvalue weighted by atomic mass is 16.3. The Bertz CT molecular complexity index is 1010. The van der Waals surface area contributed by atoms with Gasteiger partial charge in [-0.25, -0.2) is 4.98 Å². The van der Waals surface area contributed by atoms with Gasteiger partial charge in [0.2, 0.25) is 17.7 Å². The Morgan fingerprint density at radius 2 is 1.83 bits per heavy atom. The highest BCUT2D eigenvalue weighted by Crippen LogP contribution is 2.26. The number of rotatable bonds is 6. The number of hydrogen-bond acceptors (Lipinski definition) is 6. The van der Waals surface area contributed by atoms with Crippen LogP contribution in [-0.2, 0) is 20.9 Å². The lowest BCUT2D eigenvalue weighted by Crippen LogP contribution is -2.57. The minimum absolute atomic E-state index is 0.0499. The summed E-state index contributed by atoms with van der Waals surface area (Å²) >= 11 is 0. The van der Waals surface area contributed by atoms with E-state index in [1.165, 1.54) is 18.2 Å². The number of carbonyl (C=O) groups excluding carboxylic acids is 3. The molecule has 9 nitrogen and oxygen atoms in total. The lowest BCUT2D eigenvalue weighted by molar-refractivity contribution is -0.143. The standard InChI is InChI=1S/C24H32N4O5.C2H6/c1-14-20(33-13-26-14)17-8-6-16(7-9-17)11-25-22(31)19-10-18(30)12-28(19)23(32)21(24(3,4)5)27-15(2)29;1-2/h6-9,13,18-19,21,30H,10-12H2,1-5H3,(H,25,31)(H,27,29);1-2H3. The third kappa shape index (κ3) is 7.14. The van der Waals surface area contributed by atoms with E-state index in [2.05, 4.69) is 15.6 Å². The molecule has 2 aromatic rings. The highest BCUT2D eigenvalue weighted by Gasteiger charge is 2.44. The number of β-amino-alcohol motifs (C(OH)–C–C–N with tert-alkyl or cyclic N) is 1. The summed E-state index contributed by atoms with van der Waals surface area (Å²) in [5.41, 5.74) is 2.02. The number of benzene rings is 1. The topological polar surface area (TPSA) is 125 Å². The molecule has 3 rings (SSSR count). The molecule has 3 unspecified atom stereocenters. The predicted octanol–water partition coefficient (Wildman–Crippen LogP) is 2.81. The van der Waals surface area contributed by atoms with Crippen molar-refractivity contribution < 1.29 is 23.9 Å². The summed E-state index contributed by atoms with van der Waals surface area (Å²) in [4.78, 5) is 43.3. The molecule has 3 atom stereocenters. The summed E-state index contributed by atoms with van der Waals surface area (Å²) in [6, 6.07) is 5.95. The monoisotopic (exact) mass is 486 g/mol. The molecule has 35 heavy (non-hydrogen) atoms. The number of aromatic nitrogens is 1. The van der Waals surface area contributed by atoms with Gasteiger partial charge < -0.3 is 25.1 Å². The van der Waals surface area contributed by atoms with Gasteiger partial charge >= 0.3 is 0 Å². The number of hydrogen-bond donors (Lipinski definition) is 3. The van der Waals surface area contributed by atoms with E-state index in [0.717, 1.165) is 16.8 Å². The number of nitrogens with one attached hydrogen (secondary N) is 2. The van der Waals surface area contributed by atoms with Gasteiger partial charge in [0.05, 0.1) is 11.8 Å². The van der Waals surface area contributed by atoms with Crippen molar-refractivity contribution in [3.05, 3.63) is 41.9 Å². The fraction of sp³-hybridized carbons (Fsp3) is 0.538. The number of aryl methyl sites for hydroxylation is 1. The largest absolute Gasteiger partial charge is 0.443 e. The van der Waals surface area contributed by atoms with E-state index in [9.17, 15) is 19.5 Å². The van der Waals surface area contributed by atoms with Crippen LogP contribution in [0.4, 0.5) is 0 Å². The second-order valence-corrected chi connectivity index (χ2v) is 9.58. The number of carbonyl (C=O) groups is 3. The molecule has 0 saturated carbocycles. The Balaban J connectivity index is 0.00000210. The lowest BCUT2D eigenvalue weighted by Gasteiger charge is -2.35. The van der Waals surface area contributed by atoms with Crippen LogP contribution in [0.15, 0.2) is 35.1 Å². The van der Waals surface area contributed by atoms with Crippen LogP contribution >= 0.6 is 0 Å². The van der Waals surface area contributed by atoms with Crippen LogP contribution in [0.2, 0.25) is 0 Å². The Kier molecular flexibility index (Phi) is 9.59. The summed E-state index contributed by atoms with van der Waals surface area (Å²) in [6.45, 7) is 13.1. The van der Waals surface area contributed by atoms with Crippen LogP contribution < -0.4 is 10.6 Å². The van der Waals surface area contributed by atoms with E-state index in [1.807, 2.05) is 65.8 Å². The molecule has 1 fully saturated rings. The van der Waals surface area contributed by atoms with Crippen LogP contribution in [0.3, 0.4) is 0 Å². The Morgan fingerprint density at radius 3 is 2.34 bits per heavy atom. The lowest BCUT2D eigenvalue weighted by atomic mass is 9.85. The number of nitrogens with zero attached hydrogens (tertiary/aromatic N) is 2. The molecule has 1 aliphatic heterocycles. The molecule has 1 aromatic carbocycles. The number of aliphatic hydroxyl groups excluding tert-OH is 1. The van der Waals surface area contributed by atoms with Crippen molar-refractivity contribution in [2.75, 3.05) is 6.54 Å². The van der Waals surface area contributed by atoms with Crippen molar-refractivity contribution in [2.24, 2.45) is 5.41 Å². The van der Waals surface area contributed by atoms with Crippen LogP contribution in [-0.4, -0.2) is 57.4 Å². The average Bonchev–Trinajstić information content (AvgIpc) is 3.41. The first kappa shape index (κ1) is 28.0. The summed E-state index contributed by atoms with van der Waals surface area (Å²) in [6.07, 6.45) is 0.753. The number of likely N-dealkylation sites (tertiary alicyclic amines) is 1. The van der Waals surface area contributed by atoms with Crippen LogP contribution in [0.25, 0.3) is 11.3 Å². The first-order chi connectivity index (χ1) is 16.5. The van der Waals surface area contributed by atoms with Gasteiger partial charge in [-0.2, -0.15) is 0 Å². The maximum atomic E-state index is 13.2. The third-order valence-corrected chi connectivity index (χ3v) is 5.75. The van der Waals surface area contributed by atoms with Crippen LogP contribution in [0, 0.1) is 12.3 Å². The maximum absolute atomic E-state index is 13.2. The first-order valence-corrected chi connectivity index (χ1v) is 12.0. The number of aliphatic hydroxyl groups is 1. The van der Waals surface area contributed by atoms with E-state index >= 15 is 0 Å². The van der Waals surface area contributed by atoms with Gasteiger partial charge in [-0.15, -0.1) is 0 Å². The molecule has 1 saturated heterocycles. The summed E-state index contributed by atoms with van der Waals surface area (Å²) < 4.78 is 5.40. The zero-order valence-corrected chi connectivity index (χ0v) is 21.7. The summed E-state index contributed by atoms with van der Waals surface area (Å²) in [7, 11) is 0. The summed E-state index contributed by atoms with van der Waals surface area (Å²) in [5, 5.41) is 15.7. The zero-order chi connectivity index (χ0) is 26.3. The molecule has 9 heteroatoms. The van der Waals surface area contributed by atoms with Gasteiger partial charge in [-0.3, -0.25) is 14.4 Å². The molecule has 192 valence electrons. The molecule has 0 aliphatic carbocycles. The fourth-order valence-corrected chi connectivity index (χ4v) is 3.98. The van der Waals surface area contributed by atoms with Crippen molar-refractivity contribution in [3.63, 3.8) is 0 Å². The van der Waals surface area contributed by atoms with E-state index in [1.54, 1.807) is 0 Å². The van der Waals surface area contributed by atoms with Crippen LogP contribution in [0.1, 0.15) is 59.2 Å². The second-order valence-electron chi connectivity index (χ2n) is 9.58. The number of amides is 3. The maximum Gasteiger partial charge on any atom is 0.246 e. The van der Waals surface area contributed by atoms with Crippen molar-refractivity contribution >= 4 is 17.7 Å². The number of oxazole rings is 1. The van der Waals surface area contributed by atoms with Gasteiger partial charge in [-0.1, -0.05) is 58.9 Å². The average molecular weight is 487 g/mol. The van der Waals surface area contributed by atoms with Crippen molar-refractivity contribution in [1.29, 1.82) is 0 Å². The molecular weight excluding hydrogens is 448 g/mol. The molecule has 2 heterocycles. The van der Waals surface area contributed by atoms with Gasteiger partial charge in [-0.05, 0) is 17.9 Å². The molecule has 1 aliphatic rings. The first-order valence-electron chi connectivity index (χ1n) is 12.0. The molecule has 3 amide bonds. The quantitative estimate of drug-likeness (QED) is 0.577. The molecule has 1 aromatic heterocycles. The van der Waals surface area contributed by atoms with E-state index in [0.29, 0.717) is 5.76 Å². The van der Waals surface area contributed by atoms with Gasteiger partial charge in [0, 0.05) is 32.0 Å². The van der Waals surface area contributed by atoms with E-state index in [-0.39, 0.29) is 37.2 Å². The Hall–Kier alpha value is -3.20. The smallest absolute Gasteiger partial charge is 0.246 e. The third-order valence-electron chi connectivity index (χ3n) is 5.75. The van der Waals surface area contributed by atoms with E-state index in [4.69, 9.17) is 4.42 Å². The second kappa shape index (κ2) is 12.0. The van der Waals surface area contributed by atoms with Crippen LogP contribution in [0.5, 0.6) is 0 Å². The Labute approximate surface area is 207 Å². The van der Waals surface area contributed by atoms with Gasteiger partial charge in [0.1, 0.15) is 12.1 Å². The molecular formula is C26H38N4O5. The van der Waals surface area contributed by atoms with Crippen molar-refractivity contribution in [3.8, 4) is 11.3 Å². The van der Waals surface area contributed by atoms with E-state index < -0.39 is 23.6 Å². The Morgan fingerprint density at radius 1 is 1.20 bits per heavy atom. The SMILES string of the molecule is CC.CC(=O)NC(C(=O)N1CC(O)CC1C(=O)NCc1ccc(-c2ocnc2C)cc1)C(C)(C)C. The minimum Gasteiger partial charge on any atom is -0.443 e. The molecule has 0 radical (unpaired) electrons. The van der Waals surface area contributed by atoms with Crippen molar-refractivity contribution in [1.82, 2.24) is 20.5 Å². The molecule has 3 N–H and O–H groups in total. The highest BCUT2D eigenvalue weighted by molar-refractivity contribution is 5.92. The normalized spacial score (nSPS) is 18.3. The minimum atomic E-state index is -0.803. The van der Waals surface area contributed by atoms with Gasteiger partial charge in [0.25, 0.3) is 0 Å². The molecule has 0 spiro atoms. The molecule has 0 bridgehead atoms. The van der Waals surface area contributed by atoms with Gasteiger partial charge in [0.15, 0.2) is 12.2 Å². The fourth-order valence-electron chi connectivity index (χ4n) is 3.98. The predicted molar refractivity (Wildman–Crippen MR) is 133 cm³/mol. The zero-order valence-electron chi connectivity index (χ0n) is 21.7. The summed E-state index contributed by atoms with van der Waals surface area (Å²) in [5.74, 6) is -0.341. The van der Waals surface area contributed by atoms with Crippen molar-refractivity contribution in [2.45, 2.75) is 79.6 Å².